The van der Waals surface area contributed by atoms with Gasteiger partial charge in [-0.2, -0.15) is 0 Å². The first-order valence-corrected chi connectivity index (χ1v) is 3.11. The van der Waals surface area contributed by atoms with E-state index < -0.39 is 0 Å². The highest BCUT2D eigenvalue weighted by molar-refractivity contribution is 5.47. The van der Waals surface area contributed by atoms with Crippen molar-refractivity contribution >= 4 is 6.41 Å². The molecule has 1 N–H and O–H groups in total. The fourth-order valence-corrected chi connectivity index (χ4v) is 0.469. The van der Waals surface area contributed by atoms with Crippen LogP contribution < -0.4 is 5.32 Å². The minimum atomic E-state index is 0.733. The molecule has 0 aliphatic rings. The third kappa shape index (κ3) is 5.30. The van der Waals surface area contributed by atoms with Crippen molar-refractivity contribution in [3.8, 4) is 0 Å². The molecule has 1 radical (unpaired) electrons. The number of likely N-dealkylation sites (N-methyl/N-ethyl adjacent to an activating group) is 2. The maximum Gasteiger partial charge on any atom is 0.311 e. The van der Waals surface area contributed by atoms with Gasteiger partial charge < -0.3 is 10.2 Å². The second kappa shape index (κ2) is 5.56. The first-order chi connectivity index (χ1) is 4.31. The third-order valence-corrected chi connectivity index (χ3v) is 1.03. The number of nitrogens with one attached hydrogen (secondary N) is 1. The van der Waals surface area contributed by atoms with Gasteiger partial charge in [-0.15, -0.1) is 0 Å². The molecule has 0 heterocycles. The quantitative estimate of drug-likeness (QED) is 0.404. The first-order valence-electron chi connectivity index (χ1n) is 3.11. The zero-order valence-electron chi connectivity index (χ0n) is 5.98. The highest BCUT2D eigenvalue weighted by Crippen LogP contribution is 1.70. The van der Waals surface area contributed by atoms with Crippen molar-refractivity contribution in [2.24, 2.45) is 0 Å². The second-order valence-corrected chi connectivity index (χ2v) is 1.87. The van der Waals surface area contributed by atoms with E-state index in [1.54, 1.807) is 13.5 Å². The minimum absolute atomic E-state index is 0.733. The van der Waals surface area contributed by atoms with Crippen molar-refractivity contribution in [3.63, 3.8) is 0 Å². The molecule has 3 heteroatoms. The monoisotopic (exact) mass is 129 g/mol. The molecular weight excluding hydrogens is 116 g/mol. The van der Waals surface area contributed by atoms with Gasteiger partial charge in [0.2, 0.25) is 0 Å². The third-order valence-electron chi connectivity index (χ3n) is 1.03. The summed E-state index contributed by atoms with van der Waals surface area (Å²) in [5.41, 5.74) is 0. The smallest absolute Gasteiger partial charge is 0.311 e. The Balaban J connectivity index is 2.96. The number of amides is 1. The lowest BCUT2D eigenvalue weighted by Crippen LogP contribution is -2.27. The maximum absolute atomic E-state index is 9.87. The molecule has 0 aromatic rings. The molecule has 0 saturated heterocycles. The van der Waals surface area contributed by atoms with E-state index in [0.29, 0.717) is 0 Å². The molecule has 0 aromatic carbocycles. The van der Waals surface area contributed by atoms with Crippen molar-refractivity contribution in [1.29, 1.82) is 0 Å². The van der Waals surface area contributed by atoms with Crippen LogP contribution in [-0.4, -0.2) is 38.0 Å². The molecule has 0 aliphatic carbocycles. The van der Waals surface area contributed by atoms with E-state index in [9.17, 15) is 4.79 Å². The van der Waals surface area contributed by atoms with Crippen LogP contribution in [0.15, 0.2) is 0 Å². The summed E-state index contributed by atoms with van der Waals surface area (Å²) in [6.07, 6.45) is 1.77. The van der Waals surface area contributed by atoms with Gasteiger partial charge in [0.25, 0.3) is 0 Å². The van der Waals surface area contributed by atoms with E-state index in [4.69, 9.17) is 0 Å². The van der Waals surface area contributed by atoms with Crippen LogP contribution in [-0.2, 0) is 4.79 Å². The van der Waals surface area contributed by atoms with Crippen LogP contribution in [0.2, 0.25) is 0 Å². The molecule has 0 atom stereocenters. The molecule has 0 rings (SSSR count). The van der Waals surface area contributed by atoms with Gasteiger partial charge in [0.05, 0.1) is 0 Å². The topological polar surface area (TPSA) is 32.3 Å². The summed E-state index contributed by atoms with van der Waals surface area (Å²) in [4.78, 5) is 11.4. The Morgan fingerprint density at radius 2 is 2.33 bits per heavy atom. The Hall–Kier alpha value is -0.570. The number of rotatable bonds is 5. The summed E-state index contributed by atoms with van der Waals surface area (Å²) in [5.74, 6) is 0. The lowest BCUT2D eigenvalue weighted by molar-refractivity contribution is 0.428. The molecule has 0 spiro atoms. The normalized spacial score (nSPS) is 9.11. The first kappa shape index (κ1) is 8.43. The van der Waals surface area contributed by atoms with Gasteiger partial charge in [-0.05, 0) is 6.54 Å². The van der Waals surface area contributed by atoms with Crippen LogP contribution in [0, 0.1) is 0 Å². The van der Waals surface area contributed by atoms with E-state index in [2.05, 4.69) is 5.32 Å². The standard InChI is InChI=1S/C6H13N2O/c1-3-7-4-5-8(2)6-9/h7H,3-5H2,1-2H3. The summed E-state index contributed by atoms with van der Waals surface area (Å²) in [6, 6.07) is 0. The molecular formula is C6H13N2O. The zero-order chi connectivity index (χ0) is 7.11. The number of carbonyl (C=O) groups excluding carboxylic acids is 1. The Labute approximate surface area is 56.0 Å². The van der Waals surface area contributed by atoms with Crippen molar-refractivity contribution in [2.45, 2.75) is 6.92 Å². The Morgan fingerprint density at radius 1 is 1.67 bits per heavy atom. The van der Waals surface area contributed by atoms with Gasteiger partial charge in [0, 0.05) is 20.1 Å². The van der Waals surface area contributed by atoms with Crippen molar-refractivity contribution in [2.75, 3.05) is 26.7 Å². The lowest BCUT2D eigenvalue weighted by atomic mass is 10.5. The summed E-state index contributed by atoms with van der Waals surface area (Å²) >= 11 is 0. The van der Waals surface area contributed by atoms with Crippen molar-refractivity contribution in [1.82, 2.24) is 10.2 Å². The van der Waals surface area contributed by atoms with Crippen LogP contribution in [0.4, 0.5) is 0 Å². The van der Waals surface area contributed by atoms with Gasteiger partial charge in [-0.25, -0.2) is 0 Å². The zero-order valence-corrected chi connectivity index (χ0v) is 5.98. The predicted octanol–water partition coefficient (Wildman–Crippen LogP) is -0.405. The number of hydrogen-bond acceptors (Lipinski definition) is 2. The van der Waals surface area contributed by atoms with Crippen LogP contribution in [0.5, 0.6) is 0 Å². The molecule has 0 unspecified atom stereocenters. The average molecular weight is 129 g/mol. The van der Waals surface area contributed by atoms with Gasteiger partial charge >= 0.3 is 6.41 Å². The molecule has 53 valence electrons. The van der Waals surface area contributed by atoms with E-state index in [0.717, 1.165) is 19.6 Å². The van der Waals surface area contributed by atoms with Gasteiger partial charge in [0.15, 0.2) is 0 Å². The number of hydrogen-bond donors (Lipinski definition) is 1. The van der Waals surface area contributed by atoms with Crippen molar-refractivity contribution in [3.05, 3.63) is 0 Å². The average Bonchev–Trinajstić information content (AvgIpc) is 1.89. The molecule has 3 nitrogen and oxygen atoms in total. The van der Waals surface area contributed by atoms with E-state index >= 15 is 0 Å². The molecule has 0 saturated carbocycles. The lowest BCUT2D eigenvalue weighted by Gasteiger charge is -2.07. The Kier molecular flexibility index (Phi) is 5.21. The predicted molar refractivity (Wildman–Crippen MR) is 36.9 cm³/mol. The fourth-order valence-electron chi connectivity index (χ4n) is 0.469. The highest BCUT2D eigenvalue weighted by Gasteiger charge is 1.90. The van der Waals surface area contributed by atoms with E-state index in [-0.39, 0.29) is 0 Å². The van der Waals surface area contributed by atoms with Crippen LogP contribution in [0.3, 0.4) is 0 Å². The van der Waals surface area contributed by atoms with Gasteiger partial charge in [0.1, 0.15) is 0 Å². The SMILES string of the molecule is CCNCCN(C)[C]=O. The number of nitrogens with zero attached hydrogens (tertiary/aromatic N) is 1. The minimum Gasteiger partial charge on any atom is -0.336 e. The molecule has 0 bridgehead atoms. The summed E-state index contributed by atoms with van der Waals surface area (Å²) in [5, 5.41) is 3.09. The van der Waals surface area contributed by atoms with E-state index in [1.165, 1.54) is 4.90 Å². The summed E-state index contributed by atoms with van der Waals surface area (Å²) in [6.45, 7) is 4.57. The fraction of sp³-hybridized carbons (Fsp3) is 0.833. The Morgan fingerprint density at radius 3 is 2.78 bits per heavy atom. The second-order valence-electron chi connectivity index (χ2n) is 1.87. The van der Waals surface area contributed by atoms with E-state index in [1.807, 2.05) is 6.92 Å². The largest absolute Gasteiger partial charge is 0.336 e. The highest BCUT2D eigenvalue weighted by atomic mass is 16.1. The van der Waals surface area contributed by atoms with Crippen LogP contribution >= 0.6 is 0 Å². The molecule has 1 amide bonds. The van der Waals surface area contributed by atoms with Crippen LogP contribution in [0.1, 0.15) is 6.92 Å². The molecule has 0 aromatic heterocycles. The van der Waals surface area contributed by atoms with Gasteiger partial charge in [-0.1, -0.05) is 6.92 Å². The summed E-state index contributed by atoms with van der Waals surface area (Å²) < 4.78 is 0. The summed E-state index contributed by atoms with van der Waals surface area (Å²) in [7, 11) is 1.71. The Bertz CT molecular complexity index is 75.5. The van der Waals surface area contributed by atoms with Crippen LogP contribution in [0.25, 0.3) is 0 Å². The van der Waals surface area contributed by atoms with Gasteiger partial charge in [-0.3, -0.25) is 4.79 Å². The maximum atomic E-state index is 9.87. The van der Waals surface area contributed by atoms with Crippen molar-refractivity contribution < 1.29 is 4.79 Å². The molecule has 9 heavy (non-hydrogen) atoms. The molecule has 0 fully saturated rings. The molecule has 0 aliphatic heterocycles.